The Kier molecular flexibility index (Phi) is 3.90. The Bertz CT molecular complexity index is 545. The average Bonchev–Trinajstić information content (AvgIpc) is 2.49. The number of anilines is 2. The minimum atomic E-state index is -0.151. The fraction of sp³-hybridized carbons (Fsp3) is 0.562. The predicted octanol–water partition coefficient (Wildman–Crippen LogP) is 2.95. The lowest BCUT2D eigenvalue weighted by Gasteiger charge is -2.30. The monoisotopic (exact) mass is 290 g/mol. The maximum atomic E-state index is 11.4. The van der Waals surface area contributed by atoms with Crippen molar-refractivity contribution >= 4 is 17.3 Å². The average molecular weight is 290 g/mol. The van der Waals surface area contributed by atoms with Crippen molar-refractivity contribution in [3.63, 3.8) is 0 Å². The molecule has 21 heavy (non-hydrogen) atoms. The smallest absolute Gasteiger partial charge is 0.262 e. The van der Waals surface area contributed by atoms with Gasteiger partial charge in [-0.05, 0) is 25.2 Å². The molecule has 3 rings (SSSR count). The lowest BCUT2D eigenvalue weighted by Crippen LogP contribution is -2.27. The molecule has 1 amide bonds. The van der Waals surface area contributed by atoms with Crippen molar-refractivity contribution in [3.8, 4) is 11.5 Å². The van der Waals surface area contributed by atoms with Crippen LogP contribution in [0.3, 0.4) is 0 Å². The molecule has 114 valence electrons. The topological polar surface area (TPSA) is 73.6 Å². The highest BCUT2D eigenvalue weighted by molar-refractivity contribution is 5.96. The molecule has 2 unspecified atom stereocenters. The van der Waals surface area contributed by atoms with Crippen molar-refractivity contribution < 1.29 is 14.3 Å². The number of hydrogen-bond donors (Lipinski definition) is 2. The minimum absolute atomic E-state index is 0.0352. The number of ether oxygens (including phenoxy) is 2. The molecule has 0 bridgehead atoms. The Hall–Kier alpha value is -1.91. The lowest BCUT2D eigenvalue weighted by molar-refractivity contribution is -0.118. The van der Waals surface area contributed by atoms with Gasteiger partial charge in [0, 0.05) is 12.1 Å². The standard InChI is InChI=1S/C16H22N2O3/c1-2-10-4-3-5-11(6-10)21-14-8-13-15(7-12(14)17)20-9-16(19)18-13/h7-8,10-11H,2-6,9,17H2,1H3,(H,18,19). The van der Waals surface area contributed by atoms with E-state index in [-0.39, 0.29) is 18.6 Å². The summed E-state index contributed by atoms with van der Waals surface area (Å²) in [5.74, 6) is 1.84. The van der Waals surface area contributed by atoms with Crippen LogP contribution in [0.5, 0.6) is 11.5 Å². The highest BCUT2D eigenvalue weighted by atomic mass is 16.5. The first-order chi connectivity index (χ1) is 10.2. The molecule has 0 radical (unpaired) electrons. The molecular formula is C16H22N2O3. The number of hydrogen-bond acceptors (Lipinski definition) is 4. The van der Waals surface area contributed by atoms with Gasteiger partial charge in [-0.25, -0.2) is 0 Å². The van der Waals surface area contributed by atoms with Crippen molar-refractivity contribution in [2.75, 3.05) is 17.7 Å². The molecular weight excluding hydrogens is 268 g/mol. The van der Waals surface area contributed by atoms with E-state index in [1.165, 1.54) is 19.3 Å². The predicted molar refractivity (Wildman–Crippen MR) is 81.6 cm³/mol. The summed E-state index contributed by atoms with van der Waals surface area (Å²) in [7, 11) is 0. The van der Waals surface area contributed by atoms with Crippen LogP contribution in [0.4, 0.5) is 11.4 Å². The highest BCUT2D eigenvalue weighted by Gasteiger charge is 2.24. The zero-order valence-corrected chi connectivity index (χ0v) is 12.4. The zero-order chi connectivity index (χ0) is 14.8. The van der Waals surface area contributed by atoms with Gasteiger partial charge in [0.25, 0.3) is 5.91 Å². The second kappa shape index (κ2) is 5.84. The van der Waals surface area contributed by atoms with Gasteiger partial charge in [-0.2, -0.15) is 0 Å². The number of rotatable bonds is 3. The Morgan fingerprint density at radius 1 is 1.43 bits per heavy atom. The van der Waals surface area contributed by atoms with Crippen LogP contribution in [0.25, 0.3) is 0 Å². The van der Waals surface area contributed by atoms with Gasteiger partial charge in [-0.15, -0.1) is 0 Å². The molecule has 1 aliphatic heterocycles. The molecule has 0 aromatic heterocycles. The molecule has 1 heterocycles. The summed E-state index contributed by atoms with van der Waals surface area (Å²) < 4.78 is 11.4. The zero-order valence-electron chi connectivity index (χ0n) is 12.4. The number of carbonyl (C=O) groups excluding carboxylic acids is 1. The molecule has 1 aliphatic carbocycles. The summed E-state index contributed by atoms with van der Waals surface area (Å²) in [6, 6.07) is 3.50. The highest BCUT2D eigenvalue weighted by Crippen LogP contribution is 2.38. The van der Waals surface area contributed by atoms with Crippen molar-refractivity contribution in [3.05, 3.63) is 12.1 Å². The van der Waals surface area contributed by atoms with Crippen LogP contribution in [0, 0.1) is 5.92 Å². The normalized spacial score (nSPS) is 24.7. The fourth-order valence-corrected chi connectivity index (χ4v) is 3.12. The van der Waals surface area contributed by atoms with Gasteiger partial charge in [0.1, 0.15) is 11.5 Å². The second-order valence-corrected chi connectivity index (χ2v) is 5.90. The SMILES string of the molecule is CCC1CCCC(Oc2cc3c(cc2N)OCC(=O)N3)C1. The van der Waals surface area contributed by atoms with Crippen LogP contribution >= 0.6 is 0 Å². The molecule has 5 nitrogen and oxygen atoms in total. The van der Waals surface area contributed by atoms with Crippen LogP contribution < -0.4 is 20.5 Å². The van der Waals surface area contributed by atoms with Crippen LogP contribution in [0.2, 0.25) is 0 Å². The summed E-state index contributed by atoms with van der Waals surface area (Å²) in [6.07, 6.45) is 6.05. The second-order valence-electron chi connectivity index (χ2n) is 5.90. The van der Waals surface area contributed by atoms with E-state index in [0.29, 0.717) is 22.9 Å². The summed E-state index contributed by atoms with van der Waals surface area (Å²) in [5.41, 5.74) is 7.24. The maximum absolute atomic E-state index is 11.4. The summed E-state index contributed by atoms with van der Waals surface area (Å²) in [6.45, 7) is 2.26. The molecule has 0 spiro atoms. The molecule has 2 aliphatic rings. The maximum Gasteiger partial charge on any atom is 0.262 e. The van der Waals surface area contributed by atoms with Crippen molar-refractivity contribution in [1.29, 1.82) is 0 Å². The Balaban J connectivity index is 1.76. The molecule has 1 saturated carbocycles. The van der Waals surface area contributed by atoms with Crippen LogP contribution in [0.15, 0.2) is 12.1 Å². The summed E-state index contributed by atoms with van der Waals surface area (Å²) in [5, 5.41) is 2.79. The Morgan fingerprint density at radius 3 is 3.10 bits per heavy atom. The number of nitrogen functional groups attached to an aromatic ring is 1. The van der Waals surface area contributed by atoms with E-state index >= 15 is 0 Å². The van der Waals surface area contributed by atoms with Gasteiger partial charge < -0.3 is 20.5 Å². The number of nitrogens with two attached hydrogens (primary N) is 1. The Labute approximate surface area is 124 Å². The Morgan fingerprint density at radius 2 is 2.29 bits per heavy atom. The molecule has 1 fully saturated rings. The number of amides is 1. The van der Waals surface area contributed by atoms with Crippen LogP contribution in [0.1, 0.15) is 39.0 Å². The van der Waals surface area contributed by atoms with E-state index in [9.17, 15) is 4.79 Å². The molecule has 1 aromatic carbocycles. The number of carbonyl (C=O) groups is 1. The van der Waals surface area contributed by atoms with Crippen LogP contribution in [-0.4, -0.2) is 18.6 Å². The summed E-state index contributed by atoms with van der Waals surface area (Å²) in [4.78, 5) is 11.4. The minimum Gasteiger partial charge on any atom is -0.488 e. The third-order valence-electron chi connectivity index (χ3n) is 4.35. The van der Waals surface area contributed by atoms with Crippen molar-refractivity contribution in [1.82, 2.24) is 0 Å². The largest absolute Gasteiger partial charge is 0.488 e. The first-order valence-electron chi connectivity index (χ1n) is 7.68. The molecule has 1 aromatic rings. The third-order valence-corrected chi connectivity index (χ3v) is 4.35. The van der Waals surface area contributed by atoms with Gasteiger partial charge in [-0.1, -0.05) is 19.8 Å². The van der Waals surface area contributed by atoms with Crippen molar-refractivity contribution in [2.45, 2.75) is 45.1 Å². The number of fused-ring (bicyclic) bond motifs is 1. The van der Waals surface area contributed by atoms with E-state index in [0.717, 1.165) is 18.8 Å². The van der Waals surface area contributed by atoms with Crippen molar-refractivity contribution in [2.24, 2.45) is 5.92 Å². The van der Waals surface area contributed by atoms with E-state index in [1.54, 1.807) is 12.1 Å². The number of benzene rings is 1. The van der Waals surface area contributed by atoms with Gasteiger partial charge in [0.15, 0.2) is 6.61 Å². The van der Waals surface area contributed by atoms with Crippen LogP contribution in [-0.2, 0) is 4.79 Å². The first kappa shape index (κ1) is 14.0. The van der Waals surface area contributed by atoms with E-state index in [2.05, 4.69) is 12.2 Å². The van der Waals surface area contributed by atoms with Gasteiger partial charge in [-0.3, -0.25) is 4.79 Å². The van der Waals surface area contributed by atoms with Gasteiger partial charge in [0.2, 0.25) is 0 Å². The molecule has 5 heteroatoms. The molecule has 2 atom stereocenters. The van der Waals surface area contributed by atoms with Gasteiger partial charge >= 0.3 is 0 Å². The van der Waals surface area contributed by atoms with E-state index < -0.39 is 0 Å². The fourth-order valence-electron chi connectivity index (χ4n) is 3.12. The van der Waals surface area contributed by atoms with Gasteiger partial charge in [0.05, 0.1) is 17.5 Å². The quantitative estimate of drug-likeness (QED) is 0.839. The number of nitrogens with one attached hydrogen (secondary N) is 1. The lowest BCUT2D eigenvalue weighted by atomic mass is 9.85. The third kappa shape index (κ3) is 3.06. The van der Waals surface area contributed by atoms with E-state index in [1.807, 2.05) is 0 Å². The summed E-state index contributed by atoms with van der Waals surface area (Å²) >= 11 is 0. The molecule has 0 saturated heterocycles. The molecule has 3 N–H and O–H groups in total. The van der Waals surface area contributed by atoms with E-state index in [4.69, 9.17) is 15.2 Å². The first-order valence-corrected chi connectivity index (χ1v) is 7.68.